The number of nitrogens with one attached hydrogen (secondary N) is 2. The van der Waals surface area contributed by atoms with Crippen molar-refractivity contribution < 1.29 is 0 Å². The van der Waals surface area contributed by atoms with Gasteiger partial charge < -0.3 is 15.1 Å². The number of nitrogens with zero attached hydrogens (tertiary/aromatic N) is 5. The molecule has 6 rings (SSSR count). The van der Waals surface area contributed by atoms with E-state index in [0.29, 0.717) is 5.92 Å². The fourth-order valence-electron chi connectivity index (χ4n) is 5.80. The summed E-state index contributed by atoms with van der Waals surface area (Å²) in [4.78, 5) is 14.1. The average molecular weight is 508 g/mol. The first-order chi connectivity index (χ1) is 18.6. The van der Waals surface area contributed by atoms with Crippen LogP contribution in [-0.2, 0) is 6.42 Å². The minimum Gasteiger partial charge on any atom is -0.370 e. The number of aromatic amines is 1. The van der Waals surface area contributed by atoms with Crippen LogP contribution in [0.1, 0.15) is 43.5 Å². The summed E-state index contributed by atoms with van der Waals surface area (Å²) in [5, 5.41) is 12.3. The quantitative estimate of drug-likeness (QED) is 0.321. The Bertz CT molecular complexity index is 1410. The Balaban J connectivity index is 1.20. The third kappa shape index (κ3) is 5.43. The summed E-state index contributed by atoms with van der Waals surface area (Å²) < 4.78 is 0. The third-order valence-electron chi connectivity index (χ3n) is 8.07. The number of aromatic nitrogens is 4. The Morgan fingerprint density at radius 3 is 2.68 bits per heavy atom. The highest BCUT2D eigenvalue weighted by Crippen LogP contribution is 2.31. The molecule has 0 aliphatic carbocycles. The number of hydrogen-bond donors (Lipinski definition) is 2. The van der Waals surface area contributed by atoms with E-state index in [1.54, 1.807) is 0 Å². The van der Waals surface area contributed by atoms with Gasteiger partial charge in [-0.2, -0.15) is 5.10 Å². The SMILES string of the molecule is C=C(Nc1ccnc(CC2CCN(C)CC2)c1)c1n[nH]c2ccc(-c3cncc(N4CCCCC4)c3)cc12. The van der Waals surface area contributed by atoms with Crippen LogP contribution in [0.15, 0.2) is 61.6 Å². The monoisotopic (exact) mass is 507 g/mol. The molecule has 0 spiro atoms. The molecular weight excluding hydrogens is 470 g/mol. The van der Waals surface area contributed by atoms with Crippen molar-refractivity contribution in [3.8, 4) is 11.1 Å². The van der Waals surface area contributed by atoms with E-state index in [4.69, 9.17) is 0 Å². The van der Waals surface area contributed by atoms with Crippen LogP contribution in [0.2, 0.25) is 0 Å². The molecule has 2 aliphatic heterocycles. The van der Waals surface area contributed by atoms with Crippen molar-refractivity contribution in [3.63, 3.8) is 0 Å². The molecule has 0 unspecified atom stereocenters. The van der Waals surface area contributed by atoms with E-state index < -0.39 is 0 Å². The van der Waals surface area contributed by atoms with Crippen LogP contribution in [0, 0.1) is 5.92 Å². The highest BCUT2D eigenvalue weighted by Gasteiger charge is 2.18. The maximum atomic E-state index is 4.64. The number of rotatable bonds is 7. The lowest BCUT2D eigenvalue weighted by Crippen LogP contribution is -2.31. The van der Waals surface area contributed by atoms with Crippen LogP contribution >= 0.6 is 0 Å². The van der Waals surface area contributed by atoms with E-state index in [1.165, 1.54) is 50.9 Å². The van der Waals surface area contributed by atoms with Gasteiger partial charge in [0.2, 0.25) is 0 Å². The largest absolute Gasteiger partial charge is 0.370 e. The number of likely N-dealkylation sites (tertiary alicyclic amines) is 1. The van der Waals surface area contributed by atoms with Gasteiger partial charge in [-0.05, 0) is 100 Å². The Morgan fingerprint density at radius 1 is 1.00 bits per heavy atom. The fraction of sp³-hybridized carbons (Fsp3) is 0.387. The van der Waals surface area contributed by atoms with Gasteiger partial charge in [0, 0.05) is 47.8 Å². The number of anilines is 2. The van der Waals surface area contributed by atoms with Crippen LogP contribution in [0.3, 0.4) is 0 Å². The highest BCUT2D eigenvalue weighted by atomic mass is 15.1. The van der Waals surface area contributed by atoms with Crippen molar-refractivity contribution in [1.29, 1.82) is 0 Å². The highest BCUT2D eigenvalue weighted by molar-refractivity contribution is 5.95. The molecular formula is C31H37N7. The molecule has 0 atom stereocenters. The Kier molecular flexibility index (Phi) is 7.10. The minimum absolute atomic E-state index is 0.703. The van der Waals surface area contributed by atoms with Crippen molar-refractivity contribution in [2.75, 3.05) is 43.4 Å². The second-order valence-electron chi connectivity index (χ2n) is 10.9. The van der Waals surface area contributed by atoms with Crippen LogP contribution in [0.4, 0.5) is 11.4 Å². The van der Waals surface area contributed by atoms with E-state index in [-0.39, 0.29) is 0 Å². The zero-order valence-electron chi connectivity index (χ0n) is 22.3. The van der Waals surface area contributed by atoms with Gasteiger partial charge in [-0.3, -0.25) is 15.1 Å². The van der Waals surface area contributed by atoms with Gasteiger partial charge >= 0.3 is 0 Å². The molecule has 196 valence electrons. The van der Waals surface area contributed by atoms with Crippen molar-refractivity contribution in [3.05, 3.63) is 73.0 Å². The number of pyridine rings is 2. The molecule has 2 saturated heterocycles. The molecule has 1 aromatic carbocycles. The molecule has 0 saturated carbocycles. The fourth-order valence-corrected chi connectivity index (χ4v) is 5.80. The van der Waals surface area contributed by atoms with Crippen molar-refractivity contribution in [2.45, 2.75) is 38.5 Å². The van der Waals surface area contributed by atoms with Crippen molar-refractivity contribution in [2.24, 2.45) is 5.92 Å². The Hall–Kier alpha value is -3.71. The lowest BCUT2D eigenvalue weighted by molar-refractivity contribution is 0.218. The van der Waals surface area contributed by atoms with Crippen LogP contribution in [-0.4, -0.2) is 58.3 Å². The molecule has 0 radical (unpaired) electrons. The van der Waals surface area contributed by atoms with E-state index in [0.717, 1.165) is 64.3 Å². The molecule has 3 aromatic heterocycles. The van der Waals surface area contributed by atoms with Gasteiger partial charge in [0.15, 0.2) is 0 Å². The number of hydrogen-bond acceptors (Lipinski definition) is 6. The topological polar surface area (TPSA) is 73.0 Å². The first-order valence-corrected chi connectivity index (χ1v) is 13.9. The molecule has 38 heavy (non-hydrogen) atoms. The molecule has 7 heteroatoms. The van der Waals surface area contributed by atoms with E-state index in [9.17, 15) is 0 Å². The van der Waals surface area contributed by atoms with Gasteiger partial charge in [0.1, 0.15) is 5.69 Å². The Labute approximate surface area is 225 Å². The molecule has 4 aromatic rings. The van der Waals surface area contributed by atoms with Gasteiger partial charge in [-0.1, -0.05) is 12.6 Å². The summed E-state index contributed by atoms with van der Waals surface area (Å²) in [6.07, 6.45) is 13.1. The maximum Gasteiger partial charge on any atom is 0.116 e. The predicted molar refractivity (Wildman–Crippen MR) is 156 cm³/mol. The molecule has 5 heterocycles. The smallest absolute Gasteiger partial charge is 0.116 e. The number of benzene rings is 1. The second-order valence-corrected chi connectivity index (χ2v) is 10.9. The van der Waals surface area contributed by atoms with E-state index in [2.05, 4.69) is 79.2 Å². The van der Waals surface area contributed by atoms with Gasteiger partial charge in [0.05, 0.1) is 23.1 Å². The van der Waals surface area contributed by atoms with Crippen LogP contribution < -0.4 is 10.2 Å². The molecule has 7 nitrogen and oxygen atoms in total. The predicted octanol–water partition coefficient (Wildman–Crippen LogP) is 5.98. The molecule has 0 amide bonds. The first-order valence-electron chi connectivity index (χ1n) is 13.9. The average Bonchev–Trinajstić information content (AvgIpc) is 3.39. The summed E-state index contributed by atoms with van der Waals surface area (Å²) in [6, 6.07) is 12.8. The van der Waals surface area contributed by atoms with Gasteiger partial charge in [0.25, 0.3) is 0 Å². The number of piperidine rings is 2. The van der Waals surface area contributed by atoms with Crippen LogP contribution in [0.5, 0.6) is 0 Å². The molecule has 2 N–H and O–H groups in total. The molecule has 2 fully saturated rings. The zero-order chi connectivity index (χ0) is 25.9. The Morgan fingerprint density at radius 2 is 1.84 bits per heavy atom. The molecule has 0 bridgehead atoms. The van der Waals surface area contributed by atoms with Crippen molar-refractivity contribution >= 4 is 28.0 Å². The summed E-state index contributed by atoms with van der Waals surface area (Å²) in [5.74, 6) is 0.703. The second kappa shape index (κ2) is 11.0. The van der Waals surface area contributed by atoms with E-state index in [1.807, 2.05) is 24.7 Å². The lowest BCUT2D eigenvalue weighted by Gasteiger charge is -2.28. The van der Waals surface area contributed by atoms with Gasteiger partial charge in [-0.15, -0.1) is 0 Å². The summed E-state index contributed by atoms with van der Waals surface area (Å²) in [7, 11) is 2.20. The summed E-state index contributed by atoms with van der Waals surface area (Å²) >= 11 is 0. The maximum absolute atomic E-state index is 4.64. The normalized spacial score (nSPS) is 17.1. The lowest BCUT2D eigenvalue weighted by atomic mass is 9.92. The third-order valence-corrected chi connectivity index (χ3v) is 8.07. The van der Waals surface area contributed by atoms with E-state index >= 15 is 0 Å². The summed E-state index contributed by atoms with van der Waals surface area (Å²) in [5.41, 5.74) is 8.17. The zero-order valence-corrected chi connectivity index (χ0v) is 22.3. The minimum atomic E-state index is 0.703. The molecule has 2 aliphatic rings. The van der Waals surface area contributed by atoms with Crippen LogP contribution in [0.25, 0.3) is 27.7 Å². The number of H-pyrrole nitrogens is 1. The number of fused-ring (bicyclic) bond motifs is 1. The van der Waals surface area contributed by atoms with Crippen molar-refractivity contribution in [1.82, 2.24) is 25.1 Å². The van der Waals surface area contributed by atoms with Gasteiger partial charge in [-0.25, -0.2) is 0 Å². The first kappa shape index (κ1) is 24.6. The summed E-state index contributed by atoms with van der Waals surface area (Å²) in [6.45, 7) is 8.90. The standard InChI is InChI=1S/C31H37N7/c1-22(34-26-8-11-33-27(19-26)16-23-9-14-37(2)15-10-23)31-29-18-24(6-7-30(29)35-36-31)25-17-28(21-32-20-25)38-12-4-3-5-13-38/h6-8,11,17-21,23H,1,3-5,9-10,12-16H2,2H3,(H,33,34)(H,35,36).